The van der Waals surface area contributed by atoms with Crippen molar-refractivity contribution in [1.29, 1.82) is 0 Å². The maximum Gasteiger partial charge on any atom is 0.341 e. The van der Waals surface area contributed by atoms with Crippen LogP contribution >= 0.6 is 0 Å². The Morgan fingerprint density at radius 1 is 0.971 bits per heavy atom. The molecule has 188 valence electrons. The topological polar surface area (TPSA) is 185 Å². The number of halogens is 1. The van der Waals surface area contributed by atoms with E-state index < -0.39 is 48.9 Å². The summed E-state index contributed by atoms with van der Waals surface area (Å²) in [5, 5.41) is 34.8. The van der Waals surface area contributed by atoms with Crippen molar-refractivity contribution in [2.45, 2.75) is 51.2 Å². The van der Waals surface area contributed by atoms with Gasteiger partial charge in [0.1, 0.15) is 0 Å². The molecule has 6 N–H and O–H groups in total. The van der Waals surface area contributed by atoms with Crippen LogP contribution in [0.4, 0.5) is 14.9 Å². The number of unbranched alkanes of at least 4 members (excludes halogenated alkanes) is 2. The molecule has 0 bridgehead atoms. The quantitative estimate of drug-likeness (QED) is 0.131. The molecule has 0 saturated carbocycles. The van der Waals surface area contributed by atoms with Crippen LogP contribution in [-0.2, 0) is 14.4 Å². The van der Waals surface area contributed by atoms with Gasteiger partial charge in [0.25, 0.3) is 11.8 Å². The molecule has 0 aliphatic rings. The van der Waals surface area contributed by atoms with Crippen molar-refractivity contribution in [3.63, 3.8) is 0 Å². The number of hydrogen-bond donors (Lipinski definition) is 6. The van der Waals surface area contributed by atoms with E-state index in [-0.39, 0.29) is 17.5 Å². The minimum absolute atomic E-state index is 0.0274. The zero-order chi connectivity index (χ0) is 25.7. The minimum Gasteiger partial charge on any atom is -0.481 e. The van der Waals surface area contributed by atoms with Gasteiger partial charge in [-0.25, -0.2) is 14.0 Å². The van der Waals surface area contributed by atoms with Crippen LogP contribution in [0.2, 0.25) is 0 Å². The van der Waals surface area contributed by atoms with E-state index in [1.54, 1.807) is 0 Å². The molecule has 34 heavy (non-hydrogen) atoms. The number of aliphatic carboxylic acids is 2. The molecule has 0 saturated heterocycles. The molecule has 0 radical (unpaired) electrons. The van der Waals surface area contributed by atoms with Crippen molar-refractivity contribution in [2.24, 2.45) is 0 Å². The van der Waals surface area contributed by atoms with E-state index in [9.17, 15) is 33.6 Å². The number of hydrogen-bond acceptors (Lipinski definition) is 6. The number of carbonyl (C=O) groups is 5. The van der Waals surface area contributed by atoms with E-state index in [4.69, 9.17) is 10.2 Å². The lowest BCUT2D eigenvalue weighted by molar-refractivity contribution is -0.158. The Morgan fingerprint density at radius 2 is 1.56 bits per heavy atom. The zero-order valence-electron chi connectivity index (χ0n) is 18.6. The Labute approximate surface area is 195 Å². The summed E-state index contributed by atoms with van der Waals surface area (Å²) < 4.78 is 12.9. The number of alkyl halides is 1. The van der Waals surface area contributed by atoms with Crippen molar-refractivity contribution < 1.29 is 43.8 Å². The van der Waals surface area contributed by atoms with Crippen LogP contribution in [0.5, 0.6) is 0 Å². The third kappa shape index (κ3) is 10.3. The summed E-state index contributed by atoms with van der Waals surface area (Å²) >= 11 is 0. The van der Waals surface area contributed by atoms with Gasteiger partial charge >= 0.3 is 18.0 Å². The second kappa shape index (κ2) is 14.4. The van der Waals surface area contributed by atoms with E-state index in [1.807, 2.05) is 0 Å². The van der Waals surface area contributed by atoms with Crippen molar-refractivity contribution in [3.8, 4) is 0 Å². The second-order valence-corrected chi connectivity index (χ2v) is 7.36. The Kier molecular flexibility index (Phi) is 12.0. The lowest BCUT2D eigenvalue weighted by atomic mass is 10.1. The maximum absolute atomic E-state index is 12.9. The lowest BCUT2D eigenvalue weighted by Gasteiger charge is -2.22. The molecule has 13 heteroatoms. The number of carbonyl (C=O) groups excluding carboxylic acids is 3. The molecule has 1 aromatic rings. The normalized spacial score (nSPS) is 12.2. The molecule has 4 amide bonds. The average Bonchev–Trinajstić information content (AvgIpc) is 2.78. The Hall–Kier alpha value is -3.74. The summed E-state index contributed by atoms with van der Waals surface area (Å²) in [4.78, 5) is 56.9. The Bertz CT molecular complexity index is 863. The molecule has 1 rings (SSSR count). The van der Waals surface area contributed by atoms with Gasteiger partial charge in [0.15, 0.2) is 12.2 Å². The molecule has 1 unspecified atom stereocenters. The van der Waals surface area contributed by atoms with Crippen LogP contribution in [0.1, 0.15) is 49.4 Å². The van der Waals surface area contributed by atoms with Gasteiger partial charge in [0.2, 0.25) is 0 Å². The first-order valence-electron chi connectivity index (χ1n) is 10.6. The largest absolute Gasteiger partial charge is 0.481 e. The van der Waals surface area contributed by atoms with Crippen molar-refractivity contribution in [2.75, 3.05) is 18.4 Å². The summed E-state index contributed by atoms with van der Waals surface area (Å²) in [6.45, 7) is 1.61. The van der Waals surface area contributed by atoms with Gasteiger partial charge in [-0.2, -0.15) is 5.06 Å². The molecular formula is C21H29FN4O8. The van der Waals surface area contributed by atoms with Crippen LogP contribution in [0.25, 0.3) is 0 Å². The minimum atomic E-state index is -1.68. The number of urea groups is 1. The standard InChI is InChI=1S/C21H29FN4O8/c1-13(22)18(29)25-15-7-5-14(6-8-15)19(30)23-11-3-2-4-12-24-21(33)26(34)16(20(31)32)9-10-17(27)28/h5-8,13,16,34H,2-4,9-12H2,1H3,(H,23,30)(H,24,33)(H,25,29)(H,27,28)(H,31,32)/t13?,16-/m0/s1. The number of benzene rings is 1. The molecule has 2 atom stereocenters. The van der Waals surface area contributed by atoms with E-state index in [0.717, 1.165) is 6.92 Å². The first kappa shape index (κ1) is 28.3. The number of nitrogens with zero attached hydrogens (tertiary/aromatic N) is 1. The molecule has 1 aromatic carbocycles. The van der Waals surface area contributed by atoms with Crippen LogP contribution in [0, 0.1) is 0 Å². The van der Waals surface area contributed by atoms with Crippen molar-refractivity contribution >= 4 is 35.5 Å². The summed E-state index contributed by atoms with van der Waals surface area (Å²) in [6, 6.07) is 3.23. The highest BCUT2D eigenvalue weighted by atomic mass is 19.1. The number of carboxylic acids is 2. The number of nitrogens with one attached hydrogen (secondary N) is 3. The second-order valence-electron chi connectivity index (χ2n) is 7.36. The smallest absolute Gasteiger partial charge is 0.341 e. The Balaban J connectivity index is 2.27. The monoisotopic (exact) mass is 484 g/mol. The van der Waals surface area contributed by atoms with Gasteiger partial charge in [-0.3, -0.25) is 19.6 Å². The van der Waals surface area contributed by atoms with Crippen LogP contribution in [0.3, 0.4) is 0 Å². The third-order valence-electron chi connectivity index (χ3n) is 4.61. The van der Waals surface area contributed by atoms with Gasteiger partial charge in [-0.1, -0.05) is 0 Å². The van der Waals surface area contributed by atoms with Crippen LogP contribution < -0.4 is 16.0 Å². The lowest BCUT2D eigenvalue weighted by Crippen LogP contribution is -2.48. The van der Waals surface area contributed by atoms with Gasteiger partial charge in [-0.05, 0) is 56.9 Å². The summed E-state index contributed by atoms with van der Waals surface area (Å²) in [5.74, 6) is -3.88. The molecule has 0 aromatic heterocycles. The number of hydroxylamine groups is 2. The van der Waals surface area contributed by atoms with Gasteiger partial charge in [0, 0.05) is 30.8 Å². The highest BCUT2D eigenvalue weighted by molar-refractivity contribution is 5.96. The van der Waals surface area contributed by atoms with Gasteiger partial charge < -0.3 is 26.2 Å². The van der Waals surface area contributed by atoms with Crippen molar-refractivity contribution in [3.05, 3.63) is 29.8 Å². The first-order valence-corrected chi connectivity index (χ1v) is 10.6. The van der Waals surface area contributed by atoms with Gasteiger partial charge in [-0.15, -0.1) is 0 Å². The van der Waals surface area contributed by atoms with E-state index in [2.05, 4.69) is 16.0 Å². The highest BCUT2D eigenvalue weighted by Crippen LogP contribution is 2.11. The van der Waals surface area contributed by atoms with E-state index in [0.29, 0.717) is 37.1 Å². The highest BCUT2D eigenvalue weighted by Gasteiger charge is 2.29. The first-order chi connectivity index (χ1) is 16.0. The average molecular weight is 484 g/mol. The number of rotatable bonds is 14. The fraction of sp³-hybridized carbons (Fsp3) is 0.476. The molecule has 0 aliphatic carbocycles. The summed E-state index contributed by atoms with van der Waals surface area (Å²) in [5.41, 5.74) is 0.726. The fourth-order valence-corrected chi connectivity index (χ4v) is 2.71. The van der Waals surface area contributed by atoms with Gasteiger partial charge in [0.05, 0.1) is 0 Å². The maximum atomic E-state index is 12.9. The Morgan fingerprint density at radius 3 is 2.09 bits per heavy atom. The molecular weight excluding hydrogens is 455 g/mol. The molecule has 12 nitrogen and oxygen atoms in total. The molecule has 0 aliphatic heterocycles. The summed E-state index contributed by atoms with van der Waals surface area (Å²) in [6.07, 6.45) is -0.925. The fourth-order valence-electron chi connectivity index (χ4n) is 2.71. The molecule has 0 spiro atoms. The van der Waals surface area contributed by atoms with Crippen molar-refractivity contribution in [1.82, 2.24) is 15.7 Å². The predicted octanol–water partition coefficient (Wildman–Crippen LogP) is 1.60. The van der Waals surface area contributed by atoms with E-state index >= 15 is 0 Å². The number of carboxylic acid groups (broad SMARTS) is 2. The van der Waals surface area contributed by atoms with Crippen LogP contribution in [0.15, 0.2) is 24.3 Å². The van der Waals surface area contributed by atoms with Crippen LogP contribution in [-0.4, -0.2) is 75.6 Å². The van der Waals surface area contributed by atoms with E-state index in [1.165, 1.54) is 24.3 Å². The third-order valence-corrected chi connectivity index (χ3v) is 4.61. The molecule has 0 heterocycles. The predicted molar refractivity (Wildman–Crippen MR) is 117 cm³/mol. The summed E-state index contributed by atoms with van der Waals surface area (Å²) in [7, 11) is 0. The zero-order valence-corrected chi connectivity index (χ0v) is 18.6. The number of amides is 4. The number of anilines is 1. The SMILES string of the molecule is CC(F)C(=O)Nc1ccc(C(=O)NCCCCCNC(=O)N(O)[C@@H](CCC(=O)O)C(=O)O)cc1. The molecule has 0 fully saturated rings.